The molecule has 0 unspecified atom stereocenters. The summed E-state index contributed by atoms with van der Waals surface area (Å²) in [5, 5.41) is 3.40. The molecule has 1 N–H and O–H groups in total. The fraction of sp³-hybridized carbons (Fsp3) is 0.588. The number of para-hydroxylation sites is 1. The third-order valence-corrected chi connectivity index (χ3v) is 3.39. The van der Waals surface area contributed by atoms with Gasteiger partial charge >= 0.3 is 0 Å². The third kappa shape index (κ3) is 4.74. The van der Waals surface area contributed by atoms with Crippen molar-refractivity contribution in [3.8, 4) is 5.75 Å². The van der Waals surface area contributed by atoms with E-state index in [1.54, 1.807) is 0 Å². The minimum absolute atomic E-state index is 0. The molecule has 1 aromatic rings. The first-order valence-electron chi connectivity index (χ1n) is 8.00. The second-order valence-corrected chi connectivity index (χ2v) is 4.72. The second kappa shape index (κ2) is 9.40. The van der Waals surface area contributed by atoms with Crippen LogP contribution in [0.15, 0.2) is 24.3 Å². The molecule has 0 radical (unpaired) electrons. The van der Waals surface area contributed by atoms with Gasteiger partial charge in [0.15, 0.2) is 0 Å². The summed E-state index contributed by atoms with van der Waals surface area (Å²) >= 11 is 0. The van der Waals surface area contributed by atoms with Gasteiger partial charge in [-0.05, 0) is 32.0 Å². The number of likely N-dealkylation sites (N-methyl/N-ethyl adjacent to an activating group) is 1. The van der Waals surface area contributed by atoms with Gasteiger partial charge in [-0.1, -0.05) is 32.9 Å². The molecule has 1 aliphatic rings. The largest absolute Gasteiger partial charge is 0.493 e. The standard InChI is InChI=1S/C15H22N2O2.C2H6.H2/c1-3-16-12-9-10-17(11-12)15(18)13-7-5-6-8-14(13)19-4-2;1-2;/h5-8,12,16H,3-4,9-11H2,1-2H3;1-2H3;1H/t12-;;/m1../s1. The van der Waals surface area contributed by atoms with Crippen LogP contribution in [0.3, 0.4) is 0 Å². The maximum atomic E-state index is 12.5. The van der Waals surface area contributed by atoms with E-state index in [4.69, 9.17) is 4.74 Å². The first-order valence-corrected chi connectivity index (χ1v) is 8.00. The molecule has 120 valence electrons. The van der Waals surface area contributed by atoms with Gasteiger partial charge in [-0.2, -0.15) is 0 Å². The van der Waals surface area contributed by atoms with Crippen LogP contribution in [0.2, 0.25) is 0 Å². The fourth-order valence-electron chi connectivity index (χ4n) is 2.50. The summed E-state index contributed by atoms with van der Waals surface area (Å²) in [5.41, 5.74) is 0.668. The van der Waals surface area contributed by atoms with Crippen molar-refractivity contribution in [1.82, 2.24) is 10.2 Å². The SMILES string of the molecule is CC.CCN[C@@H]1CCN(C(=O)c2ccccc2OCC)C1.[HH]. The van der Waals surface area contributed by atoms with Crippen LogP contribution in [0.4, 0.5) is 0 Å². The summed E-state index contributed by atoms with van der Waals surface area (Å²) in [5.74, 6) is 0.756. The Labute approximate surface area is 130 Å². The number of amides is 1. The van der Waals surface area contributed by atoms with Gasteiger partial charge in [0.25, 0.3) is 5.91 Å². The number of carbonyl (C=O) groups excluding carboxylic acids is 1. The highest BCUT2D eigenvalue weighted by Crippen LogP contribution is 2.22. The Balaban J connectivity index is 0.00000141. The van der Waals surface area contributed by atoms with Crippen molar-refractivity contribution in [2.75, 3.05) is 26.2 Å². The number of hydrogen-bond donors (Lipinski definition) is 1. The van der Waals surface area contributed by atoms with E-state index >= 15 is 0 Å². The van der Waals surface area contributed by atoms with Crippen LogP contribution in [0.25, 0.3) is 0 Å². The zero-order chi connectivity index (χ0) is 15.7. The Kier molecular flexibility index (Phi) is 7.83. The second-order valence-electron chi connectivity index (χ2n) is 4.72. The van der Waals surface area contributed by atoms with Crippen LogP contribution < -0.4 is 10.1 Å². The van der Waals surface area contributed by atoms with E-state index in [0.717, 1.165) is 26.1 Å². The van der Waals surface area contributed by atoms with Crippen LogP contribution in [0.5, 0.6) is 5.75 Å². The molecule has 1 amide bonds. The highest BCUT2D eigenvalue weighted by Gasteiger charge is 2.27. The van der Waals surface area contributed by atoms with Crippen molar-refractivity contribution in [3.63, 3.8) is 0 Å². The lowest BCUT2D eigenvalue weighted by Gasteiger charge is -2.18. The van der Waals surface area contributed by atoms with Gasteiger partial charge in [-0.3, -0.25) is 4.79 Å². The molecule has 0 saturated carbocycles. The van der Waals surface area contributed by atoms with Crippen molar-refractivity contribution in [2.24, 2.45) is 0 Å². The predicted octanol–water partition coefficient (Wildman–Crippen LogP) is 3.18. The van der Waals surface area contributed by atoms with Gasteiger partial charge < -0.3 is 15.0 Å². The molecule has 1 saturated heterocycles. The fourth-order valence-corrected chi connectivity index (χ4v) is 2.50. The number of benzene rings is 1. The van der Waals surface area contributed by atoms with Crippen LogP contribution in [0, 0.1) is 0 Å². The summed E-state index contributed by atoms with van der Waals surface area (Å²) in [6.45, 7) is 11.1. The molecular formula is C17H30N2O2. The van der Waals surface area contributed by atoms with Crippen LogP contribution in [0.1, 0.15) is 45.9 Å². The van der Waals surface area contributed by atoms with Gasteiger partial charge in [0.1, 0.15) is 5.75 Å². The van der Waals surface area contributed by atoms with Crippen molar-refractivity contribution in [3.05, 3.63) is 29.8 Å². The first-order chi connectivity index (χ1) is 10.3. The molecule has 1 aliphatic heterocycles. The van der Waals surface area contributed by atoms with Gasteiger partial charge in [-0.25, -0.2) is 0 Å². The highest BCUT2D eigenvalue weighted by atomic mass is 16.5. The van der Waals surface area contributed by atoms with E-state index in [1.807, 2.05) is 49.9 Å². The Morgan fingerprint density at radius 3 is 2.76 bits per heavy atom. The van der Waals surface area contributed by atoms with E-state index in [9.17, 15) is 4.79 Å². The van der Waals surface area contributed by atoms with Crippen molar-refractivity contribution in [2.45, 2.75) is 40.2 Å². The molecule has 4 heteroatoms. The highest BCUT2D eigenvalue weighted by molar-refractivity contribution is 5.97. The lowest BCUT2D eigenvalue weighted by atomic mass is 10.2. The predicted molar refractivity (Wildman–Crippen MR) is 89.1 cm³/mol. The normalized spacial score (nSPS) is 17.1. The number of likely N-dealkylation sites (tertiary alicyclic amines) is 1. The molecule has 1 aromatic carbocycles. The summed E-state index contributed by atoms with van der Waals surface area (Å²) < 4.78 is 5.53. The molecule has 0 aromatic heterocycles. The quantitative estimate of drug-likeness (QED) is 0.907. The molecule has 21 heavy (non-hydrogen) atoms. The molecule has 0 bridgehead atoms. The minimum atomic E-state index is 0. The maximum absolute atomic E-state index is 12.5. The Hall–Kier alpha value is -1.55. The molecule has 1 atom stereocenters. The van der Waals surface area contributed by atoms with E-state index in [2.05, 4.69) is 12.2 Å². The topological polar surface area (TPSA) is 41.6 Å². The molecule has 0 aliphatic carbocycles. The zero-order valence-electron chi connectivity index (χ0n) is 13.7. The average molecular weight is 294 g/mol. The molecule has 4 nitrogen and oxygen atoms in total. The maximum Gasteiger partial charge on any atom is 0.257 e. The lowest BCUT2D eigenvalue weighted by Crippen LogP contribution is -2.35. The minimum Gasteiger partial charge on any atom is -0.493 e. The third-order valence-electron chi connectivity index (χ3n) is 3.39. The monoisotopic (exact) mass is 294 g/mol. The van der Waals surface area contributed by atoms with Crippen molar-refractivity contribution < 1.29 is 11.0 Å². The molecule has 1 heterocycles. The van der Waals surface area contributed by atoms with Crippen molar-refractivity contribution >= 4 is 5.91 Å². The number of hydrogen-bond acceptors (Lipinski definition) is 3. The van der Waals surface area contributed by atoms with E-state index in [1.165, 1.54) is 0 Å². The Morgan fingerprint density at radius 2 is 2.10 bits per heavy atom. The van der Waals surface area contributed by atoms with Crippen LogP contribution in [-0.2, 0) is 0 Å². The number of carbonyl (C=O) groups is 1. The lowest BCUT2D eigenvalue weighted by molar-refractivity contribution is 0.0785. The van der Waals surface area contributed by atoms with Gasteiger partial charge in [0, 0.05) is 20.6 Å². The number of ether oxygens (including phenoxy) is 1. The Bertz CT molecular complexity index is 440. The number of nitrogens with one attached hydrogen (secondary N) is 1. The molecule has 0 spiro atoms. The van der Waals surface area contributed by atoms with Crippen molar-refractivity contribution in [1.29, 1.82) is 0 Å². The number of rotatable bonds is 5. The summed E-state index contributed by atoms with van der Waals surface area (Å²) in [6.07, 6.45) is 1.02. The van der Waals surface area contributed by atoms with Crippen LogP contribution >= 0.6 is 0 Å². The molecule has 1 fully saturated rings. The van der Waals surface area contributed by atoms with Gasteiger partial charge in [0.05, 0.1) is 12.2 Å². The smallest absolute Gasteiger partial charge is 0.257 e. The molecular weight excluding hydrogens is 264 g/mol. The van der Waals surface area contributed by atoms with E-state index < -0.39 is 0 Å². The Morgan fingerprint density at radius 1 is 1.38 bits per heavy atom. The summed E-state index contributed by atoms with van der Waals surface area (Å²) in [7, 11) is 0. The van der Waals surface area contributed by atoms with E-state index in [0.29, 0.717) is 24.0 Å². The first kappa shape index (κ1) is 17.5. The van der Waals surface area contributed by atoms with E-state index in [-0.39, 0.29) is 7.33 Å². The van der Waals surface area contributed by atoms with Crippen LogP contribution in [-0.4, -0.2) is 43.1 Å². The molecule has 2 rings (SSSR count). The summed E-state index contributed by atoms with van der Waals surface area (Å²) in [6, 6.07) is 7.90. The number of nitrogens with zero attached hydrogens (tertiary/aromatic N) is 1. The zero-order valence-corrected chi connectivity index (χ0v) is 13.7. The summed E-state index contributed by atoms with van der Waals surface area (Å²) in [4.78, 5) is 14.4. The van der Waals surface area contributed by atoms with Gasteiger partial charge in [0.2, 0.25) is 0 Å². The average Bonchev–Trinajstić information content (AvgIpc) is 2.99. The van der Waals surface area contributed by atoms with Gasteiger partial charge in [-0.15, -0.1) is 0 Å².